The van der Waals surface area contributed by atoms with Gasteiger partial charge >= 0.3 is 6.03 Å². The molecule has 0 saturated carbocycles. The van der Waals surface area contributed by atoms with E-state index in [4.69, 9.17) is 4.42 Å². The highest BCUT2D eigenvalue weighted by atomic mass is 16.3. The minimum Gasteiger partial charge on any atom is -0.464 e. The van der Waals surface area contributed by atoms with Crippen molar-refractivity contribution in [1.82, 2.24) is 20.9 Å². The Kier molecular flexibility index (Phi) is 7.93. The Labute approximate surface area is 177 Å². The second kappa shape index (κ2) is 10.2. The number of urea groups is 1. The van der Waals surface area contributed by atoms with E-state index in [1.807, 2.05) is 21.0 Å². The molecule has 0 aromatic carbocycles. The predicted octanol–water partition coefficient (Wildman–Crippen LogP) is 1.70. The van der Waals surface area contributed by atoms with E-state index in [0.29, 0.717) is 30.2 Å². The van der Waals surface area contributed by atoms with E-state index in [9.17, 15) is 14.4 Å². The Balaban J connectivity index is 1.94. The molecule has 30 heavy (non-hydrogen) atoms. The van der Waals surface area contributed by atoms with Crippen LogP contribution < -0.4 is 16.0 Å². The molecule has 0 bridgehead atoms. The molecule has 9 heteroatoms. The van der Waals surface area contributed by atoms with Crippen LogP contribution >= 0.6 is 0 Å². The molecule has 0 radical (unpaired) electrons. The maximum absolute atomic E-state index is 12.1. The normalized spacial score (nSPS) is 18.7. The number of nitrogens with zero attached hydrogens (tertiary/aromatic N) is 2. The van der Waals surface area contributed by atoms with Crippen molar-refractivity contribution < 1.29 is 18.8 Å². The molecule has 164 valence electrons. The molecule has 1 aromatic heterocycles. The zero-order valence-electron chi connectivity index (χ0n) is 18.1. The van der Waals surface area contributed by atoms with Crippen molar-refractivity contribution in [2.45, 2.75) is 45.1 Å². The average Bonchev–Trinajstić information content (AvgIpc) is 3.17. The van der Waals surface area contributed by atoms with Crippen molar-refractivity contribution in [2.75, 3.05) is 27.2 Å². The summed E-state index contributed by atoms with van der Waals surface area (Å²) in [5.41, 5.74) is -0.251. The molecule has 1 fully saturated rings. The Morgan fingerprint density at radius 1 is 1.37 bits per heavy atom. The molecule has 1 saturated heterocycles. The second-order valence-corrected chi connectivity index (χ2v) is 7.84. The number of imide groups is 1. The van der Waals surface area contributed by atoms with Gasteiger partial charge in [0.15, 0.2) is 0 Å². The number of furan rings is 1. The second-order valence-electron chi connectivity index (χ2n) is 7.84. The molecule has 0 spiro atoms. The summed E-state index contributed by atoms with van der Waals surface area (Å²) in [5, 5.41) is 7.67. The molecule has 1 atom stereocenters. The smallest absolute Gasteiger partial charge is 0.322 e. The number of aliphatic imine (C=N–C) groups is 1. The fraction of sp³-hybridized carbons (Fsp3) is 0.524. The third-order valence-electron chi connectivity index (χ3n) is 4.77. The Bertz CT molecular complexity index is 842. The predicted molar refractivity (Wildman–Crippen MR) is 115 cm³/mol. The zero-order valence-corrected chi connectivity index (χ0v) is 18.1. The van der Waals surface area contributed by atoms with Crippen molar-refractivity contribution in [3.8, 4) is 0 Å². The van der Waals surface area contributed by atoms with Gasteiger partial charge in [-0.05, 0) is 40.4 Å². The van der Waals surface area contributed by atoms with Gasteiger partial charge in [0.05, 0.1) is 5.57 Å². The maximum atomic E-state index is 12.1. The van der Waals surface area contributed by atoms with E-state index in [2.05, 4.69) is 32.4 Å². The first kappa shape index (κ1) is 23.3. The average molecular weight is 418 g/mol. The molecule has 1 unspecified atom stereocenters. The van der Waals surface area contributed by atoms with Gasteiger partial charge in [-0.25, -0.2) is 4.79 Å². The van der Waals surface area contributed by atoms with Crippen LogP contribution in [-0.4, -0.2) is 61.7 Å². The molecule has 4 amide bonds. The monoisotopic (exact) mass is 417 g/mol. The Morgan fingerprint density at radius 3 is 2.70 bits per heavy atom. The summed E-state index contributed by atoms with van der Waals surface area (Å²) in [7, 11) is 4.03. The largest absolute Gasteiger partial charge is 0.464 e. The highest BCUT2D eigenvalue weighted by molar-refractivity contribution is 6.12. The molecule has 3 N–H and O–H groups in total. The molecular weight excluding hydrogens is 386 g/mol. The standard InChI is InChI=1S/C21H31N5O4/c1-6-17-16(11-15(30-17)12-21(3)19(28)24-20(29)25-21)23-13-14(2)18(27)22-9-7-8-10-26(4)5/h11,13H,2,6-10,12H2,1,3-5H3,(H,22,27)(H2,24,25,28,29). The molecule has 1 aliphatic heterocycles. The summed E-state index contributed by atoms with van der Waals surface area (Å²) >= 11 is 0. The van der Waals surface area contributed by atoms with Crippen LogP contribution in [0.15, 0.2) is 27.6 Å². The molecule has 1 aliphatic rings. The van der Waals surface area contributed by atoms with Crippen molar-refractivity contribution in [1.29, 1.82) is 0 Å². The first-order valence-corrected chi connectivity index (χ1v) is 10.1. The molecule has 1 aromatic rings. The van der Waals surface area contributed by atoms with E-state index >= 15 is 0 Å². The van der Waals surface area contributed by atoms with Crippen LogP contribution in [0.25, 0.3) is 0 Å². The van der Waals surface area contributed by atoms with Crippen LogP contribution in [-0.2, 0) is 22.4 Å². The van der Waals surface area contributed by atoms with Crippen molar-refractivity contribution in [3.63, 3.8) is 0 Å². The third-order valence-corrected chi connectivity index (χ3v) is 4.77. The topological polar surface area (TPSA) is 116 Å². The van der Waals surface area contributed by atoms with Crippen LogP contribution in [0.5, 0.6) is 0 Å². The van der Waals surface area contributed by atoms with Gasteiger partial charge in [-0.15, -0.1) is 0 Å². The lowest BCUT2D eigenvalue weighted by atomic mass is 9.97. The van der Waals surface area contributed by atoms with E-state index < -0.39 is 17.5 Å². The quantitative estimate of drug-likeness (QED) is 0.219. The van der Waals surface area contributed by atoms with E-state index in [1.165, 1.54) is 6.21 Å². The maximum Gasteiger partial charge on any atom is 0.322 e. The molecule has 0 aliphatic carbocycles. The highest BCUT2D eigenvalue weighted by Gasteiger charge is 2.42. The van der Waals surface area contributed by atoms with Crippen molar-refractivity contribution in [3.05, 3.63) is 29.7 Å². The zero-order chi connectivity index (χ0) is 22.3. The molecule has 2 heterocycles. The van der Waals surface area contributed by atoms with Gasteiger partial charge in [0.25, 0.3) is 11.8 Å². The van der Waals surface area contributed by atoms with E-state index in [-0.39, 0.29) is 17.9 Å². The number of hydrogen-bond donors (Lipinski definition) is 3. The number of unbranched alkanes of at least 4 members (excludes halogenated alkanes) is 1. The van der Waals surface area contributed by atoms with Gasteiger partial charge in [0.1, 0.15) is 22.7 Å². The summed E-state index contributed by atoms with van der Waals surface area (Å²) in [5.74, 6) is 0.493. The number of amides is 4. The van der Waals surface area contributed by atoms with Crippen LogP contribution in [0.4, 0.5) is 10.5 Å². The minimum absolute atomic E-state index is 0.196. The number of hydrogen-bond acceptors (Lipinski definition) is 6. The SMILES string of the molecule is C=C(C=Nc1cc(CC2(C)NC(=O)NC2=O)oc1CC)C(=O)NCCCCN(C)C. The number of rotatable bonds is 11. The molecular formula is C21H31N5O4. The summed E-state index contributed by atoms with van der Waals surface area (Å²) in [6.07, 6.45) is 4.09. The summed E-state index contributed by atoms with van der Waals surface area (Å²) in [6.45, 7) is 8.89. The van der Waals surface area contributed by atoms with Crippen LogP contribution in [0.1, 0.15) is 38.2 Å². The first-order valence-electron chi connectivity index (χ1n) is 10.1. The fourth-order valence-corrected chi connectivity index (χ4v) is 3.05. The fourth-order valence-electron chi connectivity index (χ4n) is 3.05. The van der Waals surface area contributed by atoms with Crippen molar-refractivity contribution >= 4 is 29.7 Å². The Hall–Kier alpha value is -2.94. The number of nitrogens with one attached hydrogen (secondary N) is 3. The summed E-state index contributed by atoms with van der Waals surface area (Å²) in [4.78, 5) is 42.0. The Morgan fingerprint density at radius 2 is 2.10 bits per heavy atom. The number of aryl methyl sites for hydroxylation is 1. The van der Waals surface area contributed by atoms with Gasteiger partial charge in [0.2, 0.25) is 0 Å². The molecule has 9 nitrogen and oxygen atoms in total. The van der Waals surface area contributed by atoms with Gasteiger partial charge in [0, 0.05) is 31.7 Å². The van der Waals surface area contributed by atoms with E-state index in [0.717, 1.165) is 19.4 Å². The lowest BCUT2D eigenvalue weighted by molar-refractivity contribution is -0.123. The first-order chi connectivity index (χ1) is 14.1. The van der Waals surface area contributed by atoms with Crippen LogP contribution in [0, 0.1) is 0 Å². The highest BCUT2D eigenvalue weighted by Crippen LogP contribution is 2.28. The van der Waals surface area contributed by atoms with Crippen LogP contribution in [0.3, 0.4) is 0 Å². The van der Waals surface area contributed by atoms with Gasteiger partial charge in [-0.1, -0.05) is 13.5 Å². The minimum atomic E-state index is -1.07. The van der Waals surface area contributed by atoms with Crippen molar-refractivity contribution in [2.24, 2.45) is 4.99 Å². The summed E-state index contributed by atoms with van der Waals surface area (Å²) < 4.78 is 5.80. The number of carbonyl (C=O) groups is 3. The third kappa shape index (κ3) is 6.28. The van der Waals surface area contributed by atoms with E-state index in [1.54, 1.807) is 13.0 Å². The van der Waals surface area contributed by atoms with Gasteiger partial charge in [-0.2, -0.15) is 0 Å². The van der Waals surface area contributed by atoms with Gasteiger partial charge in [-0.3, -0.25) is 19.9 Å². The van der Waals surface area contributed by atoms with Gasteiger partial charge < -0.3 is 20.0 Å². The van der Waals surface area contributed by atoms with Crippen LogP contribution in [0.2, 0.25) is 0 Å². The molecule has 2 rings (SSSR count). The lowest BCUT2D eigenvalue weighted by Crippen LogP contribution is -2.45. The number of carbonyl (C=O) groups excluding carboxylic acids is 3. The summed E-state index contributed by atoms with van der Waals surface area (Å²) in [6, 6.07) is 1.19. The lowest BCUT2D eigenvalue weighted by Gasteiger charge is -2.18.